The molecule has 0 spiro atoms. The summed E-state index contributed by atoms with van der Waals surface area (Å²) in [5, 5.41) is 8.00. The first kappa shape index (κ1) is 8.14. The number of allylic oxidation sites excluding steroid dienone is 1. The molecule has 1 unspecified atom stereocenters. The van der Waals surface area contributed by atoms with Crippen molar-refractivity contribution in [1.29, 1.82) is 0 Å². The zero-order valence-corrected chi connectivity index (χ0v) is 5.17. The van der Waals surface area contributed by atoms with Gasteiger partial charge in [-0.15, -0.1) is 0 Å². The first-order chi connectivity index (χ1) is 4.16. The molecular weight excluding hydrogens is 123 g/mol. The highest BCUT2D eigenvalue weighted by Gasteiger charge is 1.95. The first-order valence-electron chi connectivity index (χ1n) is 2.72. The highest BCUT2D eigenvalue weighted by Crippen LogP contribution is 1.96. The minimum Gasteiger partial charge on any atom is -0.478 e. The molecule has 3 heteroatoms. The van der Waals surface area contributed by atoms with E-state index in [9.17, 15) is 9.18 Å². The molecule has 0 aliphatic carbocycles. The number of aliphatic carboxylic acids is 1. The summed E-state index contributed by atoms with van der Waals surface area (Å²) >= 11 is 0. The number of alkyl halides is 1. The summed E-state index contributed by atoms with van der Waals surface area (Å²) in [6.07, 6.45) is 1.04. The summed E-state index contributed by atoms with van der Waals surface area (Å²) in [6, 6.07) is 0. The molecule has 1 N–H and O–H groups in total. The fraction of sp³-hybridized carbons (Fsp3) is 0.500. The Bertz CT molecular complexity index is 120. The summed E-state index contributed by atoms with van der Waals surface area (Å²) < 4.78 is 12.1. The van der Waals surface area contributed by atoms with Gasteiger partial charge in [-0.3, -0.25) is 0 Å². The Morgan fingerprint density at radius 1 is 1.89 bits per heavy atom. The minimum atomic E-state index is -1.12. The lowest BCUT2D eigenvalue weighted by Crippen LogP contribution is -1.94. The van der Waals surface area contributed by atoms with Crippen LogP contribution in [-0.4, -0.2) is 17.2 Å². The first-order valence-corrected chi connectivity index (χ1v) is 2.72. The van der Waals surface area contributed by atoms with Crippen LogP contribution < -0.4 is 0 Å². The molecule has 0 saturated heterocycles. The van der Waals surface area contributed by atoms with Crippen LogP contribution in [0.4, 0.5) is 4.39 Å². The molecule has 0 amide bonds. The quantitative estimate of drug-likeness (QED) is 0.589. The van der Waals surface area contributed by atoms with E-state index in [0.717, 1.165) is 12.2 Å². The van der Waals surface area contributed by atoms with Crippen LogP contribution in [0, 0.1) is 0 Å². The Kier molecular flexibility index (Phi) is 3.67. The predicted molar refractivity (Wildman–Crippen MR) is 32.0 cm³/mol. The fourth-order valence-corrected chi connectivity index (χ4v) is 0.323. The van der Waals surface area contributed by atoms with Crippen LogP contribution in [0.2, 0.25) is 0 Å². The minimum absolute atomic E-state index is 0.323. The number of halogens is 1. The Hall–Kier alpha value is -0.860. The molecule has 0 heterocycles. The van der Waals surface area contributed by atoms with Gasteiger partial charge in [0.2, 0.25) is 0 Å². The van der Waals surface area contributed by atoms with E-state index in [-0.39, 0.29) is 0 Å². The van der Waals surface area contributed by atoms with Gasteiger partial charge in [-0.1, -0.05) is 6.92 Å². The average Bonchev–Trinajstić information content (AvgIpc) is 1.83. The standard InChI is InChI=1S/C6H9FO2/c1-2-5(7)3-4-6(8)9/h3-5H,2H2,1H3,(H,8,9). The van der Waals surface area contributed by atoms with Crippen LogP contribution in [0.25, 0.3) is 0 Å². The second-order valence-electron chi connectivity index (χ2n) is 1.62. The van der Waals surface area contributed by atoms with Gasteiger partial charge in [0.05, 0.1) is 0 Å². The van der Waals surface area contributed by atoms with Gasteiger partial charge in [0.25, 0.3) is 0 Å². The maximum atomic E-state index is 12.1. The van der Waals surface area contributed by atoms with Crippen molar-refractivity contribution in [2.24, 2.45) is 0 Å². The number of carboxylic acid groups (broad SMARTS) is 1. The molecule has 0 bridgehead atoms. The third kappa shape index (κ3) is 5.00. The summed E-state index contributed by atoms with van der Waals surface area (Å²) in [5.41, 5.74) is 0. The smallest absolute Gasteiger partial charge is 0.328 e. The lowest BCUT2D eigenvalue weighted by Gasteiger charge is -1.91. The van der Waals surface area contributed by atoms with Gasteiger partial charge in [0.15, 0.2) is 0 Å². The monoisotopic (exact) mass is 132 g/mol. The summed E-state index contributed by atoms with van der Waals surface area (Å²) in [5.74, 6) is -1.11. The van der Waals surface area contributed by atoms with Crippen molar-refractivity contribution in [3.05, 3.63) is 12.2 Å². The van der Waals surface area contributed by atoms with E-state index >= 15 is 0 Å². The van der Waals surface area contributed by atoms with E-state index < -0.39 is 12.1 Å². The molecule has 0 aromatic heterocycles. The number of carbonyl (C=O) groups is 1. The van der Waals surface area contributed by atoms with Gasteiger partial charge < -0.3 is 5.11 Å². The van der Waals surface area contributed by atoms with E-state index in [1.54, 1.807) is 6.92 Å². The number of rotatable bonds is 3. The van der Waals surface area contributed by atoms with Crippen molar-refractivity contribution in [2.45, 2.75) is 19.5 Å². The Morgan fingerprint density at radius 3 is 2.78 bits per heavy atom. The molecule has 9 heavy (non-hydrogen) atoms. The molecule has 0 aliphatic rings. The van der Waals surface area contributed by atoms with Crippen LogP contribution in [0.15, 0.2) is 12.2 Å². The van der Waals surface area contributed by atoms with Crippen LogP contribution in [0.5, 0.6) is 0 Å². The Morgan fingerprint density at radius 2 is 2.44 bits per heavy atom. The highest BCUT2D eigenvalue weighted by atomic mass is 19.1. The van der Waals surface area contributed by atoms with Gasteiger partial charge in [-0.25, -0.2) is 9.18 Å². The molecule has 0 aromatic rings. The van der Waals surface area contributed by atoms with Crippen LogP contribution >= 0.6 is 0 Å². The zero-order valence-electron chi connectivity index (χ0n) is 5.17. The molecule has 0 rings (SSSR count). The fourth-order valence-electron chi connectivity index (χ4n) is 0.323. The molecule has 0 aliphatic heterocycles. The van der Waals surface area contributed by atoms with Crippen LogP contribution in [-0.2, 0) is 4.79 Å². The van der Waals surface area contributed by atoms with Crippen molar-refractivity contribution >= 4 is 5.97 Å². The van der Waals surface area contributed by atoms with Gasteiger partial charge in [0.1, 0.15) is 6.17 Å². The number of carboxylic acids is 1. The lowest BCUT2D eigenvalue weighted by molar-refractivity contribution is -0.131. The molecule has 1 atom stereocenters. The van der Waals surface area contributed by atoms with E-state index in [4.69, 9.17) is 5.11 Å². The van der Waals surface area contributed by atoms with E-state index in [1.807, 2.05) is 0 Å². The second kappa shape index (κ2) is 4.06. The highest BCUT2D eigenvalue weighted by molar-refractivity contribution is 5.79. The third-order valence-corrected chi connectivity index (χ3v) is 0.838. The Balaban J connectivity index is 3.56. The number of hydrogen-bond donors (Lipinski definition) is 1. The van der Waals surface area contributed by atoms with E-state index in [0.29, 0.717) is 6.42 Å². The van der Waals surface area contributed by atoms with E-state index in [2.05, 4.69) is 0 Å². The van der Waals surface area contributed by atoms with Gasteiger partial charge >= 0.3 is 5.97 Å². The van der Waals surface area contributed by atoms with Gasteiger partial charge in [-0.2, -0.15) is 0 Å². The van der Waals surface area contributed by atoms with Gasteiger partial charge in [-0.05, 0) is 12.5 Å². The van der Waals surface area contributed by atoms with Crippen LogP contribution in [0.1, 0.15) is 13.3 Å². The van der Waals surface area contributed by atoms with Crippen molar-refractivity contribution in [1.82, 2.24) is 0 Å². The molecule has 52 valence electrons. The molecule has 0 saturated carbocycles. The van der Waals surface area contributed by atoms with Crippen molar-refractivity contribution in [3.63, 3.8) is 0 Å². The summed E-state index contributed by atoms with van der Waals surface area (Å²) in [6.45, 7) is 1.65. The van der Waals surface area contributed by atoms with Crippen LogP contribution in [0.3, 0.4) is 0 Å². The molecular formula is C6H9FO2. The molecule has 0 fully saturated rings. The zero-order chi connectivity index (χ0) is 7.28. The molecule has 2 nitrogen and oxygen atoms in total. The second-order valence-corrected chi connectivity index (χ2v) is 1.62. The SMILES string of the molecule is CCC(F)C=CC(=O)O. The Labute approximate surface area is 53.0 Å². The topological polar surface area (TPSA) is 37.3 Å². The van der Waals surface area contributed by atoms with Gasteiger partial charge in [0, 0.05) is 6.08 Å². The molecule has 0 aromatic carbocycles. The maximum absolute atomic E-state index is 12.1. The normalized spacial score (nSPS) is 14.0. The lowest BCUT2D eigenvalue weighted by atomic mass is 10.3. The third-order valence-electron chi connectivity index (χ3n) is 0.838. The van der Waals surface area contributed by atoms with Crippen molar-refractivity contribution in [2.75, 3.05) is 0 Å². The van der Waals surface area contributed by atoms with Crippen molar-refractivity contribution in [3.8, 4) is 0 Å². The molecule has 0 radical (unpaired) electrons. The largest absolute Gasteiger partial charge is 0.478 e. The number of hydrogen-bond acceptors (Lipinski definition) is 1. The van der Waals surface area contributed by atoms with E-state index in [1.165, 1.54) is 0 Å². The average molecular weight is 132 g/mol. The summed E-state index contributed by atoms with van der Waals surface area (Å²) in [7, 11) is 0. The summed E-state index contributed by atoms with van der Waals surface area (Å²) in [4.78, 5) is 9.77. The van der Waals surface area contributed by atoms with Crippen molar-refractivity contribution < 1.29 is 14.3 Å². The maximum Gasteiger partial charge on any atom is 0.328 e. The predicted octanol–water partition coefficient (Wildman–Crippen LogP) is 1.38.